The Kier molecular flexibility index (Phi) is 3.84. The largest absolute Gasteiger partial charge is 0.506 e. The number of nitrogens with zero attached hydrogens (tertiary/aromatic N) is 2. The van der Waals surface area contributed by atoms with Crippen molar-refractivity contribution in [1.29, 1.82) is 0 Å². The van der Waals surface area contributed by atoms with Gasteiger partial charge in [0.25, 0.3) is 5.56 Å². The molecule has 2 N–H and O–H groups in total. The number of aromatic nitrogens is 1. The molecule has 1 aromatic heterocycles. The first kappa shape index (κ1) is 16.1. The van der Waals surface area contributed by atoms with Crippen molar-refractivity contribution in [2.24, 2.45) is 12.0 Å². The lowest BCUT2D eigenvalue weighted by Crippen LogP contribution is -2.24. The highest BCUT2D eigenvalue weighted by Crippen LogP contribution is 2.32. The molecular weight excluding hydrogens is 326 g/mol. The second-order valence-electron chi connectivity index (χ2n) is 6.27. The Labute approximate surface area is 150 Å². The number of allylic oxidation sites excluding steroid dienone is 2. The zero-order valence-corrected chi connectivity index (χ0v) is 14.7. The fourth-order valence-electron chi connectivity index (χ4n) is 3.24. The van der Waals surface area contributed by atoms with Gasteiger partial charge in [0, 0.05) is 18.1 Å². The zero-order chi connectivity index (χ0) is 18.3. The number of fused-ring (bicyclic) bond motifs is 2. The number of aliphatic imine (C=N–C) groups is 1. The first-order valence-electron chi connectivity index (χ1n) is 8.56. The van der Waals surface area contributed by atoms with Crippen molar-refractivity contribution in [3.8, 4) is 5.75 Å². The van der Waals surface area contributed by atoms with Gasteiger partial charge < -0.3 is 15.0 Å². The summed E-state index contributed by atoms with van der Waals surface area (Å²) in [5.41, 5.74) is 3.64. The number of aryl methyl sites for hydroxylation is 1. The van der Waals surface area contributed by atoms with Gasteiger partial charge in [0.2, 0.25) is 0 Å². The fraction of sp³-hybridized carbons (Fsp3) is 0.143. The Morgan fingerprint density at radius 2 is 1.85 bits per heavy atom. The highest BCUT2D eigenvalue weighted by Gasteiger charge is 2.20. The number of hydrogen-bond donors (Lipinski definition) is 2. The molecule has 0 fully saturated rings. The van der Waals surface area contributed by atoms with Crippen molar-refractivity contribution in [3.05, 3.63) is 76.2 Å². The summed E-state index contributed by atoms with van der Waals surface area (Å²) in [5, 5.41) is 14.8. The number of nitrogens with one attached hydrogen (secondary N) is 1. The van der Waals surface area contributed by atoms with Crippen molar-refractivity contribution < 1.29 is 5.11 Å². The number of rotatable bonds is 2. The van der Waals surface area contributed by atoms with Crippen molar-refractivity contribution in [1.82, 2.24) is 4.57 Å². The van der Waals surface area contributed by atoms with Crippen LogP contribution in [0, 0.1) is 0 Å². The molecule has 130 valence electrons. The summed E-state index contributed by atoms with van der Waals surface area (Å²) >= 11 is 0. The van der Waals surface area contributed by atoms with Gasteiger partial charge in [-0.25, -0.2) is 4.99 Å². The quantitative estimate of drug-likeness (QED) is 0.735. The number of benzene rings is 2. The van der Waals surface area contributed by atoms with Crippen molar-refractivity contribution in [3.63, 3.8) is 0 Å². The number of aromatic hydroxyl groups is 1. The van der Waals surface area contributed by atoms with Crippen LogP contribution in [-0.2, 0) is 7.05 Å². The molecule has 0 atom stereocenters. The van der Waals surface area contributed by atoms with Crippen LogP contribution in [-0.4, -0.2) is 15.4 Å². The third-order valence-corrected chi connectivity index (χ3v) is 4.66. The lowest BCUT2D eigenvalue weighted by molar-refractivity contribution is 0.478. The smallest absolute Gasteiger partial charge is 0.264 e. The van der Waals surface area contributed by atoms with E-state index < -0.39 is 0 Å². The number of pyridine rings is 1. The van der Waals surface area contributed by atoms with E-state index in [4.69, 9.17) is 0 Å². The second kappa shape index (κ2) is 6.19. The highest BCUT2D eigenvalue weighted by atomic mass is 16.3. The lowest BCUT2D eigenvalue weighted by atomic mass is 10.0. The van der Waals surface area contributed by atoms with E-state index in [1.54, 1.807) is 11.6 Å². The molecular formula is C21H19N3O2. The van der Waals surface area contributed by atoms with Crippen LogP contribution in [0.4, 0.5) is 11.4 Å². The van der Waals surface area contributed by atoms with E-state index in [1.807, 2.05) is 61.5 Å². The summed E-state index contributed by atoms with van der Waals surface area (Å²) in [6.07, 6.45) is 2.59. The summed E-state index contributed by atoms with van der Waals surface area (Å²) in [4.78, 5) is 17.7. The summed E-state index contributed by atoms with van der Waals surface area (Å²) in [6, 6.07) is 15.0. The predicted octanol–water partition coefficient (Wildman–Crippen LogP) is 4.08. The molecule has 0 amide bonds. The Hall–Kier alpha value is -3.34. The summed E-state index contributed by atoms with van der Waals surface area (Å²) in [7, 11) is 1.71. The highest BCUT2D eigenvalue weighted by molar-refractivity contribution is 6.15. The maximum atomic E-state index is 13.0. The molecule has 0 saturated heterocycles. The summed E-state index contributed by atoms with van der Waals surface area (Å²) < 4.78 is 1.55. The van der Waals surface area contributed by atoms with E-state index in [2.05, 4.69) is 10.3 Å². The van der Waals surface area contributed by atoms with Gasteiger partial charge >= 0.3 is 0 Å². The zero-order valence-electron chi connectivity index (χ0n) is 14.7. The maximum absolute atomic E-state index is 13.0. The SMILES string of the molecule is CCC1=CC(c2c(O)c3ccccc3n(C)c2=O)=Nc2ccccc2N1. The first-order chi connectivity index (χ1) is 12.6. The van der Waals surface area contributed by atoms with Gasteiger partial charge in [-0.15, -0.1) is 0 Å². The third kappa shape index (κ3) is 2.49. The molecule has 26 heavy (non-hydrogen) atoms. The number of anilines is 1. The predicted molar refractivity (Wildman–Crippen MR) is 105 cm³/mol. The molecule has 0 saturated carbocycles. The van der Waals surface area contributed by atoms with E-state index in [-0.39, 0.29) is 16.9 Å². The molecule has 5 heteroatoms. The molecule has 0 aliphatic carbocycles. The van der Waals surface area contributed by atoms with E-state index in [1.165, 1.54) is 0 Å². The standard InChI is InChI=1S/C21H19N3O2/c1-3-13-12-17(23-16-10-6-5-9-15(16)22-13)19-20(25)14-8-4-7-11-18(14)24(2)21(19)26/h4-12,22,25H,3H2,1-2H3. The van der Waals surface area contributed by atoms with E-state index in [9.17, 15) is 9.90 Å². The van der Waals surface area contributed by atoms with E-state index in [0.29, 0.717) is 16.6 Å². The molecule has 3 aromatic rings. The molecule has 1 aliphatic heterocycles. The fourth-order valence-corrected chi connectivity index (χ4v) is 3.24. The molecule has 0 radical (unpaired) electrons. The molecule has 0 unspecified atom stereocenters. The minimum atomic E-state index is -0.272. The Morgan fingerprint density at radius 3 is 2.65 bits per heavy atom. The van der Waals surface area contributed by atoms with Crippen LogP contribution in [0.1, 0.15) is 18.9 Å². The van der Waals surface area contributed by atoms with Gasteiger partial charge in [0.15, 0.2) is 0 Å². The van der Waals surface area contributed by atoms with Crippen molar-refractivity contribution in [2.75, 3.05) is 5.32 Å². The van der Waals surface area contributed by atoms with Crippen LogP contribution in [0.5, 0.6) is 5.75 Å². The topological polar surface area (TPSA) is 66.6 Å². The summed E-state index contributed by atoms with van der Waals surface area (Å²) in [5.74, 6) is -0.0338. The van der Waals surface area contributed by atoms with Gasteiger partial charge in [-0.05, 0) is 36.8 Å². The van der Waals surface area contributed by atoms with E-state index >= 15 is 0 Å². The van der Waals surface area contributed by atoms with Gasteiger partial charge in [-0.3, -0.25) is 4.79 Å². The minimum Gasteiger partial charge on any atom is -0.506 e. The molecule has 0 spiro atoms. The van der Waals surface area contributed by atoms with Crippen LogP contribution in [0.25, 0.3) is 10.9 Å². The molecule has 5 nitrogen and oxygen atoms in total. The molecule has 2 aromatic carbocycles. The van der Waals surface area contributed by atoms with Gasteiger partial charge in [-0.2, -0.15) is 0 Å². The average Bonchev–Trinajstić information content (AvgIpc) is 2.85. The van der Waals surface area contributed by atoms with Crippen molar-refractivity contribution in [2.45, 2.75) is 13.3 Å². The minimum absolute atomic E-state index is 0.0338. The molecule has 4 rings (SSSR count). The van der Waals surface area contributed by atoms with Gasteiger partial charge in [0.05, 0.1) is 22.6 Å². The lowest BCUT2D eigenvalue weighted by Gasteiger charge is -2.12. The molecule has 0 bridgehead atoms. The van der Waals surface area contributed by atoms with Crippen LogP contribution < -0.4 is 10.9 Å². The monoisotopic (exact) mass is 345 g/mol. The van der Waals surface area contributed by atoms with Crippen LogP contribution in [0.3, 0.4) is 0 Å². The Bertz CT molecular complexity index is 1140. The Morgan fingerprint density at radius 1 is 1.12 bits per heavy atom. The van der Waals surface area contributed by atoms with Crippen LogP contribution >= 0.6 is 0 Å². The van der Waals surface area contributed by atoms with E-state index in [0.717, 1.165) is 23.5 Å². The third-order valence-electron chi connectivity index (χ3n) is 4.66. The van der Waals surface area contributed by atoms with Gasteiger partial charge in [0.1, 0.15) is 11.3 Å². The second-order valence-corrected chi connectivity index (χ2v) is 6.27. The normalized spacial score (nSPS) is 13.5. The number of hydrogen-bond acceptors (Lipinski definition) is 4. The summed E-state index contributed by atoms with van der Waals surface area (Å²) in [6.45, 7) is 2.03. The van der Waals surface area contributed by atoms with Crippen LogP contribution in [0.15, 0.2) is 70.1 Å². The average molecular weight is 345 g/mol. The molecule has 2 heterocycles. The maximum Gasteiger partial charge on any atom is 0.264 e. The molecule has 1 aliphatic rings. The van der Waals surface area contributed by atoms with Crippen LogP contribution in [0.2, 0.25) is 0 Å². The van der Waals surface area contributed by atoms with Crippen molar-refractivity contribution >= 4 is 28.0 Å². The Balaban J connectivity index is 2.06. The van der Waals surface area contributed by atoms with Gasteiger partial charge in [-0.1, -0.05) is 31.2 Å². The number of para-hydroxylation sites is 3. The first-order valence-corrected chi connectivity index (χ1v) is 8.56.